The Hall–Kier alpha value is -0.360. The summed E-state index contributed by atoms with van der Waals surface area (Å²) >= 11 is 1.52. The smallest absolute Gasteiger partial charge is 0.237 e. The maximum atomic E-state index is 11.4. The Kier molecular flexibility index (Phi) is 9.86. The Labute approximate surface area is 112 Å². The van der Waals surface area contributed by atoms with E-state index >= 15 is 0 Å². The van der Waals surface area contributed by atoms with E-state index in [-0.39, 0.29) is 36.6 Å². The summed E-state index contributed by atoms with van der Waals surface area (Å²) < 4.78 is 0. The van der Waals surface area contributed by atoms with Gasteiger partial charge in [0, 0.05) is 11.6 Å². The van der Waals surface area contributed by atoms with Crippen LogP contribution in [0.5, 0.6) is 0 Å². The largest absolute Gasteiger partial charge is 0.348 e. The van der Waals surface area contributed by atoms with Crippen LogP contribution in [0, 0.1) is 5.92 Å². The van der Waals surface area contributed by atoms with Gasteiger partial charge in [-0.1, -0.05) is 13.8 Å². The molecule has 0 bridgehead atoms. The molecule has 0 saturated carbocycles. The summed E-state index contributed by atoms with van der Waals surface area (Å²) in [6, 6.07) is -0.435. The van der Waals surface area contributed by atoms with Crippen molar-refractivity contribution >= 4 is 42.1 Å². The first-order valence-electron chi connectivity index (χ1n) is 4.53. The molecule has 1 aromatic heterocycles. The zero-order chi connectivity index (χ0) is 10.6. The lowest BCUT2D eigenvalue weighted by Crippen LogP contribution is -2.43. The maximum absolute atomic E-state index is 11.4. The molecule has 1 heterocycles. The van der Waals surface area contributed by atoms with Gasteiger partial charge >= 0.3 is 0 Å². The van der Waals surface area contributed by atoms with Crippen LogP contribution < -0.4 is 11.1 Å². The van der Waals surface area contributed by atoms with Gasteiger partial charge < -0.3 is 11.1 Å². The fourth-order valence-corrected chi connectivity index (χ4v) is 1.48. The van der Waals surface area contributed by atoms with E-state index in [9.17, 15) is 4.79 Å². The Morgan fingerprint density at radius 3 is 2.62 bits per heavy atom. The van der Waals surface area contributed by atoms with Crippen LogP contribution >= 0.6 is 36.2 Å². The molecule has 1 amide bonds. The van der Waals surface area contributed by atoms with Crippen molar-refractivity contribution in [3.63, 3.8) is 0 Å². The third kappa shape index (κ3) is 5.65. The Morgan fingerprint density at radius 1 is 1.56 bits per heavy atom. The highest BCUT2D eigenvalue weighted by molar-refractivity contribution is 7.09. The lowest BCUT2D eigenvalue weighted by atomic mass is 10.1. The summed E-state index contributed by atoms with van der Waals surface area (Å²) in [6.07, 6.45) is 1.72. The highest BCUT2D eigenvalue weighted by Gasteiger charge is 2.16. The van der Waals surface area contributed by atoms with Crippen LogP contribution in [-0.2, 0) is 11.3 Å². The second-order valence-corrected chi connectivity index (χ2v) is 4.39. The quantitative estimate of drug-likeness (QED) is 0.883. The summed E-state index contributed by atoms with van der Waals surface area (Å²) in [4.78, 5) is 15.5. The van der Waals surface area contributed by atoms with Gasteiger partial charge in [0.1, 0.15) is 5.01 Å². The van der Waals surface area contributed by atoms with Gasteiger partial charge in [0.25, 0.3) is 0 Å². The standard InChI is InChI=1S/C9H15N3OS.2ClH/c1-6(2)8(10)9(13)12-5-7-11-3-4-14-7;;/h3-4,6,8H,5,10H2,1-2H3,(H,12,13);2*1H/t8-;;/m1../s1. The summed E-state index contributed by atoms with van der Waals surface area (Å²) in [5.41, 5.74) is 5.67. The molecular formula is C9H17Cl2N3OS. The van der Waals surface area contributed by atoms with Gasteiger partial charge in [0.2, 0.25) is 5.91 Å². The Balaban J connectivity index is 0. The molecule has 1 atom stereocenters. The number of carbonyl (C=O) groups is 1. The minimum absolute atomic E-state index is 0. The minimum Gasteiger partial charge on any atom is -0.348 e. The SMILES string of the molecule is CC(C)[C@@H](N)C(=O)NCc1nccs1.Cl.Cl. The molecule has 1 aromatic rings. The van der Waals surface area contributed by atoms with Gasteiger partial charge in [-0.2, -0.15) is 0 Å². The number of nitrogens with two attached hydrogens (primary N) is 1. The van der Waals surface area contributed by atoms with Crippen molar-refractivity contribution in [3.8, 4) is 0 Å². The van der Waals surface area contributed by atoms with E-state index in [0.29, 0.717) is 6.54 Å². The number of hydrogen-bond donors (Lipinski definition) is 2. The second-order valence-electron chi connectivity index (χ2n) is 3.41. The van der Waals surface area contributed by atoms with E-state index in [4.69, 9.17) is 5.73 Å². The molecule has 0 unspecified atom stereocenters. The minimum atomic E-state index is -0.435. The van der Waals surface area contributed by atoms with E-state index in [0.717, 1.165) is 5.01 Å². The van der Waals surface area contributed by atoms with E-state index in [1.807, 2.05) is 19.2 Å². The first kappa shape index (κ1) is 18.0. The van der Waals surface area contributed by atoms with E-state index in [2.05, 4.69) is 10.3 Å². The van der Waals surface area contributed by atoms with Crippen molar-refractivity contribution in [2.24, 2.45) is 11.7 Å². The van der Waals surface area contributed by atoms with Gasteiger partial charge in [-0.25, -0.2) is 4.98 Å². The molecule has 0 spiro atoms. The van der Waals surface area contributed by atoms with Crippen molar-refractivity contribution in [3.05, 3.63) is 16.6 Å². The number of carbonyl (C=O) groups excluding carboxylic acids is 1. The summed E-state index contributed by atoms with van der Waals surface area (Å²) in [5, 5.41) is 5.53. The lowest BCUT2D eigenvalue weighted by Gasteiger charge is -2.14. The molecule has 7 heteroatoms. The molecule has 0 aliphatic carbocycles. The van der Waals surface area contributed by atoms with Gasteiger partial charge in [-0.3, -0.25) is 4.79 Å². The third-order valence-electron chi connectivity index (χ3n) is 1.92. The monoisotopic (exact) mass is 285 g/mol. The number of thiazole rings is 1. The zero-order valence-corrected chi connectivity index (χ0v) is 11.6. The number of rotatable bonds is 4. The predicted molar refractivity (Wildman–Crippen MR) is 71.3 cm³/mol. The van der Waals surface area contributed by atoms with Gasteiger partial charge in [0.15, 0.2) is 0 Å². The molecule has 0 aromatic carbocycles. The van der Waals surface area contributed by atoms with Crippen LogP contribution in [0.3, 0.4) is 0 Å². The van der Waals surface area contributed by atoms with Crippen molar-refractivity contribution in [1.82, 2.24) is 10.3 Å². The average Bonchev–Trinajstić information content (AvgIpc) is 2.65. The summed E-state index contributed by atoms with van der Waals surface area (Å²) in [7, 11) is 0. The van der Waals surface area contributed by atoms with Crippen LogP contribution in [0.25, 0.3) is 0 Å². The highest BCUT2D eigenvalue weighted by atomic mass is 35.5. The van der Waals surface area contributed by atoms with Crippen LogP contribution in [0.15, 0.2) is 11.6 Å². The predicted octanol–water partition coefficient (Wildman–Crippen LogP) is 1.59. The average molecular weight is 286 g/mol. The van der Waals surface area contributed by atoms with Crippen molar-refractivity contribution in [2.45, 2.75) is 26.4 Å². The molecule has 0 saturated heterocycles. The fraction of sp³-hybridized carbons (Fsp3) is 0.556. The molecule has 0 aliphatic rings. The molecule has 0 aliphatic heterocycles. The normalized spacial score (nSPS) is 11.2. The zero-order valence-electron chi connectivity index (χ0n) is 9.17. The molecule has 94 valence electrons. The van der Waals surface area contributed by atoms with Crippen LogP contribution in [-0.4, -0.2) is 16.9 Å². The molecule has 3 N–H and O–H groups in total. The lowest BCUT2D eigenvalue weighted by molar-refractivity contribution is -0.123. The van der Waals surface area contributed by atoms with Crippen LogP contribution in [0.2, 0.25) is 0 Å². The number of nitrogens with one attached hydrogen (secondary N) is 1. The number of hydrogen-bond acceptors (Lipinski definition) is 4. The molecule has 16 heavy (non-hydrogen) atoms. The summed E-state index contributed by atoms with van der Waals surface area (Å²) in [5.74, 6) is 0.0431. The van der Waals surface area contributed by atoms with Crippen molar-refractivity contribution in [2.75, 3.05) is 0 Å². The number of nitrogens with zero attached hydrogens (tertiary/aromatic N) is 1. The van der Waals surface area contributed by atoms with Crippen LogP contribution in [0.4, 0.5) is 0 Å². The third-order valence-corrected chi connectivity index (χ3v) is 2.70. The molecule has 0 fully saturated rings. The maximum Gasteiger partial charge on any atom is 0.237 e. The van der Waals surface area contributed by atoms with Gasteiger partial charge in [0.05, 0.1) is 12.6 Å². The van der Waals surface area contributed by atoms with E-state index < -0.39 is 6.04 Å². The van der Waals surface area contributed by atoms with Gasteiger partial charge in [-0.05, 0) is 5.92 Å². The Morgan fingerprint density at radius 2 is 2.19 bits per heavy atom. The fourth-order valence-electron chi connectivity index (χ4n) is 0.924. The first-order valence-corrected chi connectivity index (χ1v) is 5.41. The molecule has 0 radical (unpaired) electrons. The Bertz CT molecular complexity index is 293. The second kappa shape index (κ2) is 8.75. The first-order chi connectivity index (χ1) is 6.61. The van der Waals surface area contributed by atoms with E-state index in [1.54, 1.807) is 6.20 Å². The highest BCUT2D eigenvalue weighted by Crippen LogP contribution is 2.03. The molecular weight excluding hydrogens is 269 g/mol. The number of halogens is 2. The van der Waals surface area contributed by atoms with Gasteiger partial charge in [-0.15, -0.1) is 36.2 Å². The molecule has 4 nitrogen and oxygen atoms in total. The van der Waals surface area contributed by atoms with Crippen molar-refractivity contribution in [1.29, 1.82) is 0 Å². The molecule has 1 rings (SSSR count). The summed E-state index contributed by atoms with van der Waals surface area (Å²) in [6.45, 7) is 4.32. The topological polar surface area (TPSA) is 68.0 Å². The number of aromatic nitrogens is 1. The van der Waals surface area contributed by atoms with Crippen molar-refractivity contribution < 1.29 is 4.79 Å². The van der Waals surface area contributed by atoms with Crippen LogP contribution in [0.1, 0.15) is 18.9 Å². The van der Waals surface area contributed by atoms with E-state index in [1.165, 1.54) is 11.3 Å². The number of amides is 1.